The van der Waals surface area contributed by atoms with Crippen LogP contribution in [0.4, 0.5) is 11.4 Å². The third kappa shape index (κ3) is 2.85. The molecule has 0 unspecified atom stereocenters. The highest BCUT2D eigenvalue weighted by Crippen LogP contribution is 2.36. The zero-order chi connectivity index (χ0) is 18.1. The summed E-state index contributed by atoms with van der Waals surface area (Å²) in [6.45, 7) is 0. The van der Waals surface area contributed by atoms with Gasteiger partial charge >= 0.3 is 0 Å². The molecule has 0 saturated carbocycles. The average Bonchev–Trinajstić information content (AvgIpc) is 3.18. The number of nitro groups is 1. The number of thiocarbonyl (C=S) groups is 1. The van der Waals surface area contributed by atoms with Crippen LogP contribution in [0.5, 0.6) is 5.75 Å². The van der Waals surface area contributed by atoms with E-state index in [1.165, 1.54) is 42.5 Å². The average molecular weight is 359 g/mol. The molecule has 9 heteroatoms. The topological polar surface area (TPSA) is 89.1 Å². The van der Waals surface area contributed by atoms with Crippen LogP contribution < -0.4 is 9.64 Å². The van der Waals surface area contributed by atoms with E-state index in [2.05, 4.69) is 0 Å². The van der Waals surface area contributed by atoms with Gasteiger partial charge < -0.3 is 14.1 Å². The van der Waals surface area contributed by atoms with Crippen LogP contribution in [-0.2, 0) is 4.79 Å². The highest BCUT2D eigenvalue weighted by atomic mass is 32.1. The number of carbonyl (C=O) groups excluding carboxylic acids is 1. The first kappa shape index (κ1) is 16.7. The molecule has 0 atom stereocenters. The Labute approximate surface area is 148 Å². The van der Waals surface area contributed by atoms with Gasteiger partial charge in [0.1, 0.15) is 22.9 Å². The van der Waals surface area contributed by atoms with Crippen molar-refractivity contribution < 1.29 is 18.9 Å². The molecule has 0 N–H and O–H groups in total. The normalized spacial score (nSPS) is 16.0. The van der Waals surface area contributed by atoms with E-state index in [1.54, 1.807) is 19.2 Å². The maximum absolute atomic E-state index is 12.8. The van der Waals surface area contributed by atoms with E-state index < -0.39 is 10.8 Å². The zero-order valence-electron chi connectivity index (χ0n) is 13.3. The van der Waals surface area contributed by atoms with Crippen LogP contribution in [0.15, 0.2) is 46.7 Å². The summed E-state index contributed by atoms with van der Waals surface area (Å²) in [4.78, 5) is 26.2. The van der Waals surface area contributed by atoms with Gasteiger partial charge in [0.25, 0.3) is 11.6 Å². The number of rotatable bonds is 4. The van der Waals surface area contributed by atoms with Gasteiger partial charge in [0.15, 0.2) is 5.11 Å². The lowest BCUT2D eigenvalue weighted by atomic mass is 10.2. The first-order valence-electron chi connectivity index (χ1n) is 7.14. The molecule has 1 aliphatic rings. The smallest absolute Gasteiger partial charge is 0.297 e. The van der Waals surface area contributed by atoms with Crippen molar-refractivity contribution in [2.75, 3.05) is 19.1 Å². The summed E-state index contributed by atoms with van der Waals surface area (Å²) < 4.78 is 10.2. The van der Waals surface area contributed by atoms with Crippen molar-refractivity contribution in [2.24, 2.45) is 0 Å². The summed E-state index contributed by atoms with van der Waals surface area (Å²) in [7, 11) is 3.02. The van der Waals surface area contributed by atoms with E-state index in [4.69, 9.17) is 21.4 Å². The van der Waals surface area contributed by atoms with Crippen LogP contribution >= 0.6 is 12.2 Å². The van der Waals surface area contributed by atoms with Crippen molar-refractivity contribution in [3.8, 4) is 5.75 Å². The van der Waals surface area contributed by atoms with Gasteiger partial charge in [-0.15, -0.1) is 0 Å². The minimum Gasteiger partial charge on any atom is -0.496 e. The lowest BCUT2D eigenvalue weighted by molar-refractivity contribution is -0.384. The molecule has 0 radical (unpaired) electrons. The lowest BCUT2D eigenvalue weighted by Crippen LogP contribution is -2.31. The molecule has 25 heavy (non-hydrogen) atoms. The van der Waals surface area contributed by atoms with Crippen molar-refractivity contribution in [1.82, 2.24) is 4.90 Å². The van der Waals surface area contributed by atoms with Crippen LogP contribution in [0.3, 0.4) is 0 Å². The van der Waals surface area contributed by atoms with Crippen LogP contribution in [0.2, 0.25) is 0 Å². The molecule has 1 aliphatic heterocycles. The second kappa shape index (κ2) is 6.36. The molecule has 0 spiro atoms. The molecule has 0 bridgehead atoms. The number of hydrogen-bond donors (Lipinski definition) is 0. The Morgan fingerprint density at radius 2 is 2.12 bits per heavy atom. The maximum atomic E-state index is 12.8. The van der Waals surface area contributed by atoms with E-state index in [9.17, 15) is 14.9 Å². The van der Waals surface area contributed by atoms with Crippen molar-refractivity contribution in [3.63, 3.8) is 0 Å². The molecule has 1 aromatic carbocycles. The highest BCUT2D eigenvalue weighted by Gasteiger charge is 2.40. The minimum atomic E-state index is -0.581. The van der Waals surface area contributed by atoms with E-state index in [-0.39, 0.29) is 22.2 Å². The van der Waals surface area contributed by atoms with E-state index >= 15 is 0 Å². The number of nitrogens with zero attached hydrogens (tertiary/aromatic N) is 3. The van der Waals surface area contributed by atoms with Gasteiger partial charge in [-0.3, -0.25) is 14.9 Å². The number of ether oxygens (including phenoxy) is 1. The first-order chi connectivity index (χ1) is 11.9. The Bertz CT molecular complexity index is 891. The first-order valence-corrected chi connectivity index (χ1v) is 7.54. The molecular weight excluding hydrogens is 346 g/mol. The van der Waals surface area contributed by atoms with Crippen molar-refractivity contribution in [1.29, 1.82) is 0 Å². The number of carbonyl (C=O) groups is 1. The van der Waals surface area contributed by atoms with Crippen molar-refractivity contribution in [3.05, 3.63) is 58.2 Å². The van der Waals surface area contributed by atoms with E-state index in [0.29, 0.717) is 11.5 Å². The van der Waals surface area contributed by atoms with Gasteiger partial charge in [-0.2, -0.15) is 0 Å². The Kier molecular flexibility index (Phi) is 4.24. The number of furan rings is 1. The van der Waals surface area contributed by atoms with Crippen LogP contribution in [0, 0.1) is 10.1 Å². The minimum absolute atomic E-state index is 0.0792. The largest absolute Gasteiger partial charge is 0.496 e. The van der Waals surface area contributed by atoms with E-state index in [0.717, 1.165) is 4.90 Å². The second-order valence-corrected chi connectivity index (χ2v) is 5.50. The summed E-state index contributed by atoms with van der Waals surface area (Å²) in [5.74, 6) is 0.314. The fourth-order valence-corrected chi connectivity index (χ4v) is 2.72. The third-order valence-corrected chi connectivity index (χ3v) is 4.16. The van der Waals surface area contributed by atoms with Gasteiger partial charge in [0.05, 0.1) is 24.4 Å². The van der Waals surface area contributed by atoms with Crippen LogP contribution in [0.1, 0.15) is 5.76 Å². The zero-order valence-corrected chi connectivity index (χ0v) is 14.1. The maximum Gasteiger partial charge on any atom is 0.297 e. The van der Waals surface area contributed by atoms with Crippen molar-refractivity contribution in [2.45, 2.75) is 0 Å². The fraction of sp³-hybridized carbons (Fsp3) is 0.125. The number of hydrogen-bond acceptors (Lipinski definition) is 6. The van der Waals surface area contributed by atoms with Gasteiger partial charge in [0, 0.05) is 13.1 Å². The molecule has 2 heterocycles. The summed E-state index contributed by atoms with van der Waals surface area (Å²) in [5, 5.41) is 11.5. The molecular formula is C16H13N3O5S. The number of benzene rings is 1. The number of nitro benzene ring substituents is 1. The summed E-state index contributed by atoms with van der Waals surface area (Å²) >= 11 is 5.31. The second-order valence-electron chi connectivity index (χ2n) is 5.14. The molecule has 0 aliphatic carbocycles. The molecule has 2 aromatic rings. The van der Waals surface area contributed by atoms with Gasteiger partial charge in [0.2, 0.25) is 0 Å². The molecule has 1 fully saturated rings. The fourth-order valence-electron chi connectivity index (χ4n) is 2.44. The Hall–Kier alpha value is -3.20. The monoisotopic (exact) mass is 359 g/mol. The number of methoxy groups -OCH3 is 1. The molecule has 3 rings (SSSR count). The number of likely N-dealkylation sites (N-methyl/N-ethyl adjacent to an activating group) is 1. The molecule has 128 valence electrons. The highest BCUT2D eigenvalue weighted by molar-refractivity contribution is 7.80. The molecule has 8 nitrogen and oxygen atoms in total. The number of amides is 1. The summed E-state index contributed by atoms with van der Waals surface area (Å²) in [5.41, 5.74) is 0.0586. The standard InChI is InChI=1S/C16H13N3O5S/c1-17-14(9-11-4-3-7-24-11)15(20)18(16(17)25)12-6-5-10(23-2)8-13(12)19(21)22/h3-9H,1-2H3/b14-9+. The van der Waals surface area contributed by atoms with Gasteiger partial charge in [-0.1, -0.05) is 0 Å². The molecule has 1 saturated heterocycles. The SMILES string of the molecule is COc1ccc(N2C(=O)/C(=C\c3ccco3)N(C)C2=S)c([N+](=O)[O-])c1. The molecule has 1 aromatic heterocycles. The van der Waals surface area contributed by atoms with Crippen molar-refractivity contribution >= 4 is 40.7 Å². The predicted molar refractivity (Wildman–Crippen MR) is 94.2 cm³/mol. The van der Waals surface area contributed by atoms with Gasteiger partial charge in [-0.25, -0.2) is 4.90 Å². The number of anilines is 1. The Morgan fingerprint density at radius 3 is 2.72 bits per heavy atom. The predicted octanol–water partition coefficient (Wildman–Crippen LogP) is 2.80. The Balaban J connectivity index is 2.08. The molecule has 1 amide bonds. The third-order valence-electron chi connectivity index (χ3n) is 3.70. The lowest BCUT2D eigenvalue weighted by Gasteiger charge is -2.16. The quantitative estimate of drug-likeness (QED) is 0.359. The van der Waals surface area contributed by atoms with Crippen LogP contribution in [-0.4, -0.2) is 35.0 Å². The van der Waals surface area contributed by atoms with Crippen LogP contribution in [0.25, 0.3) is 6.08 Å². The summed E-state index contributed by atoms with van der Waals surface area (Å²) in [6, 6.07) is 7.60. The van der Waals surface area contributed by atoms with E-state index in [1.807, 2.05) is 0 Å². The van der Waals surface area contributed by atoms with Gasteiger partial charge in [-0.05, 0) is 36.5 Å². The summed E-state index contributed by atoms with van der Waals surface area (Å²) in [6.07, 6.45) is 3.01. The Morgan fingerprint density at radius 1 is 1.36 bits per heavy atom.